The van der Waals surface area contributed by atoms with Crippen LogP contribution in [0.1, 0.15) is 25.2 Å². The van der Waals surface area contributed by atoms with Gasteiger partial charge in [0.25, 0.3) is 0 Å². The lowest BCUT2D eigenvalue weighted by Crippen LogP contribution is -2.22. The summed E-state index contributed by atoms with van der Waals surface area (Å²) in [6, 6.07) is 8.50. The van der Waals surface area contributed by atoms with Crippen LogP contribution in [0.25, 0.3) is 0 Å². The highest BCUT2D eigenvalue weighted by molar-refractivity contribution is 5.33. The van der Waals surface area contributed by atoms with Crippen molar-refractivity contribution in [2.45, 2.75) is 33.0 Å². The number of nitrogens with zero attached hydrogens (tertiary/aromatic N) is 3. The fraction of sp³-hybridized carbons (Fsp3) is 0.429. The van der Waals surface area contributed by atoms with E-state index in [-0.39, 0.29) is 0 Å². The first kappa shape index (κ1) is 13.5. The summed E-state index contributed by atoms with van der Waals surface area (Å²) in [5.74, 6) is 1.70. The number of nitrogens with one attached hydrogen (secondary N) is 1. The van der Waals surface area contributed by atoms with Crippen molar-refractivity contribution in [2.24, 2.45) is 7.05 Å². The molecule has 0 saturated heterocycles. The van der Waals surface area contributed by atoms with Crippen LogP contribution in [0.2, 0.25) is 0 Å². The Morgan fingerprint density at radius 2 is 2.11 bits per heavy atom. The molecule has 1 aromatic carbocycles. The lowest BCUT2D eigenvalue weighted by Gasteiger charge is -2.13. The average molecular weight is 260 g/mol. The third-order valence-electron chi connectivity index (χ3n) is 2.84. The van der Waals surface area contributed by atoms with Crippen LogP contribution in [0.5, 0.6) is 5.75 Å². The molecule has 1 N–H and O–H groups in total. The Morgan fingerprint density at radius 3 is 2.79 bits per heavy atom. The maximum atomic E-state index is 5.83. The first-order chi connectivity index (χ1) is 9.16. The molecule has 0 aliphatic rings. The number of ether oxygens (including phenoxy) is 1. The average Bonchev–Trinajstić information content (AvgIpc) is 2.80. The van der Waals surface area contributed by atoms with Gasteiger partial charge in [0.1, 0.15) is 18.7 Å². The van der Waals surface area contributed by atoms with Crippen molar-refractivity contribution in [1.29, 1.82) is 0 Å². The Hall–Kier alpha value is -1.88. The molecule has 0 unspecified atom stereocenters. The normalized spacial score (nSPS) is 10.9. The lowest BCUT2D eigenvalue weighted by atomic mass is 10.2. The molecule has 0 radical (unpaired) electrons. The summed E-state index contributed by atoms with van der Waals surface area (Å²) in [4.78, 5) is 4.15. The molecule has 2 rings (SSSR count). The van der Waals surface area contributed by atoms with Crippen LogP contribution in [0.3, 0.4) is 0 Å². The largest absolute Gasteiger partial charge is 0.485 e. The van der Waals surface area contributed by atoms with E-state index in [9.17, 15) is 0 Å². The molecule has 1 heterocycles. The highest BCUT2D eigenvalue weighted by Gasteiger charge is 2.06. The topological polar surface area (TPSA) is 52.0 Å². The molecule has 0 saturated carbocycles. The summed E-state index contributed by atoms with van der Waals surface area (Å²) >= 11 is 0. The van der Waals surface area contributed by atoms with Gasteiger partial charge in [0, 0.05) is 25.2 Å². The first-order valence-corrected chi connectivity index (χ1v) is 6.44. The number of rotatable bonds is 6. The quantitative estimate of drug-likeness (QED) is 0.861. The van der Waals surface area contributed by atoms with E-state index in [4.69, 9.17) is 4.74 Å². The smallest absolute Gasteiger partial charge is 0.164 e. The number of benzene rings is 1. The maximum absolute atomic E-state index is 5.83. The summed E-state index contributed by atoms with van der Waals surface area (Å²) in [6.07, 6.45) is 1.53. The summed E-state index contributed by atoms with van der Waals surface area (Å²) in [7, 11) is 1.86. The van der Waals surface area contributed by atoms with Gasteiger partial charge in [-0.3, -0.25) is 4.68 Å². The SMILES string of the molecule is CC(C)NCc1ccccc1OCc1ncnn1C. The van der Waals surface area contributed by atoms with Crippen molar-refractivity contribution >= 4 is 0 Å². The monoisotopic (exact) mass is 260 g/mol. The van der Waals surface area contributed by atoms with E-state index < -0.39 is 0 Å². The number of hydrogen-bond donors (Lipinski definition) is 1. The zero-order chi connectivity index (χ0) is 13.7. The molecule has 0 spiro atoms. The molecule has 102 valence electrons. The van der Waals surface area contributed by atoms with Gasteiger partial charge in [-0.15, -0.1) is 0 Å². The van der Waals surface area contributed by atoms with Gasteiger partial charge in [0.05, 0.1) is 0 Å². The van der Waals surface area contributed by atoms with E-state index in [2.05, 4.69) is 35.3 Å². The molecule has 0 aliphatic carbocycles. The molecule has 2 aromatic rings. The van der Waals surface area contributed by atoms with Crippen LogP contribution >= 0.6 is 0 Å². The Balaban J connectivity index is 2.01. The predicted molar refractivity (Wildman–Crippen MR) is 73.8 cm³/mol. The minimum atomic E-state index is 0.426. The third kappa shape index (κ3) is 3.79. The van der Waals surface area contributed by atoms with Gasteiger partial charge < -0.3 is 10.1 Å². The Bertz CT molecular complexity index is 522. The lowest BCUT2D eigenvalue weighted by molar-refractivity contribution is 0.286. The van der Waals surface area contributed by atoms with Crippen LogP contribution < -0.4 is 10.1 Å². The molecule has 5 nitrogen and oxygen atoms in total. The number of aromatic nitrogens is 3. The van der Waals surface area contributed by atoms with E-state index in [1.807, 2.05) is 25.2 Å². The van der Waals surface area contributed by atoms with Crippen LogP contribution in [0.15, 0.2) is 30.6 Å². The molecule has 1 aromatic heterocycles. The second-order valence-electron chi connectivity index (χ2n) is 4.73. The summed E-state index contributed by atoms with van der Waals surface area (Å²) in [5, 5.41) is 7.42. The van der Waals surface area contributed by atoms with E-state index in [0.717, 1.165) is 23.7 Å². The number of hydrogen-bond acceptors (Lipinski definition) is 4. The second-order valence-corrected chi connectivity index (χ2v) is 4.73. The number of aryl methyl sites for hydroxylation is 1. The highest BCUT2D eigenvalue weighted by atomic mass is 16.5. The molecule has 0 aliphatic heterocycles. The molecular weight excluding hydrogens is 240 g/mol. The summed E-state index contributed by atoms with van der Waals surface area (Å²) in [5.41, 5.74) is 1.15. The van der Waals surface area contributed by atoms with Crippen molar-refractivity contribution in [3.63, 3.8) is 0 Å². The fourth-order valence-electron chi connectivity index (χ4n) is 1.70. The van der Waals surface area contributed by atoms with E-state index in [1.54, 1.807) is 4.68 Å². The van der Waals surface area contributed by atoms with Gasteiger partial charge in [-0.25, -0.2) is 4.98 Å². The van der Waals surface area contributed by atoms with Crippen LogP contribution in [-0.2, 0) is 20.2 Å². The maximum Gasteiger partial charge on any atom is 0.164 e. The van der Waals surface area contributed by atoms with Crippen LogP contribution in [0.4, 0.5) is 0 Å². The van der Waals surface area contributed by atoms with Gasteiger partial charge >= 0.3 is 0 Å². The molecule has 0 atom stereocenters. The summed E-state index contributed by atoms with van der Waals surface area (Å²) in [6.45, 7) is 5.48. The number of para-hydroxylation sites is 1. The predicted octanol–water partition coefficient (Wildman–Crippen LogP) is 1.89. The second kappa shape index (κ2) is 6.33. The Morgan fingerprint density at radius 1 is 1.32 bits per heavy atom. The standard InChI is InChI=1S/C14H20N4O/c1-11(2)15-8-12-6-4-5-7-13(12)19-9-14-16-10-17-18(14)3/h4-7,10-11,15H,8-9H2,1-3H3. The van der Waals surface area contributed by atoms with Crippen molar-refractivity contribution in [3.05, 3.63) is 42.0 Å². The van der Waals surface area contributed by atoms with Crippen LogP contribution in [0, 0.1) is 0 Å². The molecule has 0 amide bonds. The fourth-order valence-corrected chi connectivity index (χ4v) is 1.70. The van der Waals surface area contributed by atoms with E-state index in [0.29, 0.717) is 12.6 Å². The van der Waals surface area contributed by atoms with Gasteiger partial charge in [-0.2, -0.15) is 5.10 Å². The molecule has 19 heavy (non-hydrogen) atoms. The van der Waals surface area contributed by atoms with Gasteiger partial charge in [-0.1, -0.05) is 32.0 Å². The third-order valence-corrected chi connectivity index (χ3v) is 2.84. The Kier molecular flexibility index (Phi) is 4.52. The van der Waals surface area contributed by atoms with E-state index >= 15 is 0 Å². The van der Waals surface area contributed by atoms with Gasteiger partial charge in [0.2, 0.25) is 0 Å². The molecule has 0 bridgehead atoms. The van der Waals surface area contributed by atoms with Crippen molar-refractivity contribution in [2.75, 3.05) is 0 Å². The zero-order valence-electron chi connectivity index (χ0n) is 11.6. The molecule has 5 heteroatoms. The summed E-state index contributed by atoms with van der Waals surface area (Å²) < 4.78 is 7.55. The molecule has 0 fully saturated rings. The first-order valence-electron chi connectivity index (χ1n) is 6.44. The zero-order valence-corrected chi connectivity index (χ0v) is 11.6. The van der Waals surface area contributed by atoms with Crippen molar-refractivity contribution < 1.29 is 4.74 Å². The van der Waals surface area contributed by atoms with E-state index in [1.165, 1.54) is 6.33 Å². The van der Waals surface area contributed by atoms with Crippen LogP contribution in [-0.4, -0.2) is 20.8 Å². The molecular formula is C14H20N4O. The van der Waals surface area contributed by atoms with Crippen molar-refractivity contribution in [1.82, 2.24) is 20.1 Å². The van der Waals surface area contributed by atoms with Gasteiger partial charge in [-0.05, 0) is 6.07 Å². The van der Waals surface area contributed by atoms with Gasteiger partial charge in [0.15, 0.2) is 5.82 Å². The minimum Gasteiger partial charge on any atom is -0.485 e. The minimum absolute atomic E-state index is 0.426. The van der Waals surface area contributed by atoms with Crippen molar-refractivity contribution in [3.8, 4) is 5.75 Å². The highest BCUT2D eigenvalue weighted by Crippen LogP contribution is 2.18. The Labute approximate surface area is 113 Å².